The fourth-order valence-corrected chi connectivity index (χ4v) is 3.47. The van der Waals surface area contributed by atoms with E-state index in [4.69, 9.17) is 4.74 Å². The fraction of sp³-hybridized carbons (Fsp3) is 0.708. The third kappa shape index (κ3) is 11.0. The van der Waals surface area contributed by atoms with Crippen molar-refractivity contribution in [2.75, 3.05) is 6.61 Å². The molecule has 1 aromatic rings. The lowest BCUT2D eigenvalue weighted by atomic mass is 10.0. The van der Waals surface area contributed by atoms with E-state index >= 15 is 0 Å². The maximum absolute atomic E-state index is 11.6. The number of hydrogen-bond donors (Lipinski definition) is 1. The Bertz CT molecular complexity index is 510. The number of aromatic hydroxyl groups is 1. The van der Waals surface area contributed by atoms with Gasteiger partial charge in [-0.2, -0.15) is 0 Å². The first-order chi connectivity index (χ1) is 13.2. The molecule has 0 bridgehead atoms. The van der Waals surface area contributed by atoms with Gasteiger partial charge in [0.05, 0.1) is 6.61 Å². The van der Waals surface area contributed by atoms with E-state index in [2.05, 4.69) is 6.92 Å². The Morgan fingerprint density at radius 1 is 0.815 bits per heavy atom. The molecule has 3 heteroatoms. The first-order valence-corrected chi connectivity index (χ1v) is 11.1. The van der Waals surface area contributed by atoms with E-state index in [9.17, 15) is 9.90 Å². The van der Waals surface area contributed by atoms with Crippen molar-refractivity contribution >= 4 is 5.78 Å². The maximum Gasteiger partial charge on any atom is 0.167 e. The molecule has 0 atom stereocenters. The van der Waals surface area contributed by atoms with E-state index in [0.717, 1.165) is 12.8 Å². The molecule has 0 aromatic heterocycles. The number of carbonyl (C=O) groups excluding carboxylic acids is 1. The van der Waals surface area contributed by atoms with E-state index in [1.807, 2.05) is 0 Å². The minimum Gasteiger partial charge on any atom is -0.507 e. The first-order valence-electron chi connectivity index (χ1n) is 11.1. The zero-order valence-corrected chi connectivity index (χ0v) is 17.6. The van der Waals surface area contributed by atoms with Gasteiger partial charge in [0.15, 0.2) is 5.78 Å². The Labute approximate surface area is 166 Å². The number of unbranched alkanes of at least 4 members (excludes halogenated alkanes) is 13. The Morgan fingerprint density at radius 3 is 1.78 bits per heavy atom. The summed E-state index contributed by atoms with van der Waals surface area (Å²) in [5.74, 6) is 0.335. The SMILES string of the molecule is CCCCCCCCCCCCCCCCOc1cccc(O)c1C(C)=O. The molecule has 154 valence electrons. The molecule has 0 aliphatic carbocycles. The van der Waals surface area contributed by atoms with E-state index in [0.29, 0.717) is 17.9 Å². The molecule has 1 N–H and O–H groups in total. The molecule has 1 aromatic carbocycles. The molecular formula is C24H40O3. The molecule has 0 aliphatic rings. The molecule has 0 amide bonds. The highest BCUT2D eigenvalue weighted by molar-refractivity contribution is 5.99. The van der Waals surface area contributed by atoms with Crippen LogP contribution in [0.5, 0.6) is 11.5 Å². The molecule has 0 saturated carbocycles. The predicted molar refractivity (Wildman–Crippen MR) is 114 cm³/mol. The van der Waals surface area contributed by atoms with Crippen molar-refractivity contribution in [2.45, 2.75) is 104 Å². The molecule has 0 fully saturated rings. The van der Waals surface area contributed by atoms with Gasteiger partial charge in [-0.15, -0.1) is 0 Å². The van der Waals surface area contributed by atoms with Crippen molar-refractivity contribution in [2.24, 2.45) is 0 Å². The van der Waals surface area contributed by atoms with Crippen LogP contribution in [0.2, 0.25) is 0 Å². The number of carbonyl (C=O) groups is 1. The highest BCUT2D eigenvalue weighted by atomic mass is 16.5. The minimum atomic E-state index is -0.163. The van der Waals surface area contributed by atoms with Crippen molar-refractivity contribution in [1.82, 2.24) is 0 Å². The first kappa shape index (κ1) is 23.5. The topological polar surface area (TPSA) is 46.5 Å². The van der Waals surface area contributed by atoms with Crippen LogP contribution in [0.4, 0.5) is 0 Å². The molecule has 0 radical (unpaired) electrons. The van der Waals surface area contributed by atoms with Crippen LogP contribution in [0.1, 0.15) is 114 Å². The summed E-state index contributed by atoms with van der Waals surface area (Å²) in [4.78, 5) is 11.6. The van der Waals surface area contributed by atoms with Crippen LogP contribution in [0.15, 0.2) is 18.2 Å². The van der Waals surface area contributed by atoms with Crippen LogP contribution in [0, 0.1) is 0 Å². The van der Waals surface area contributed by atoms with E-state index in [1.54, 1.807) is 12.1 Å². The lowest BCUT2D eigenvalue weighted by Gasteiger charge is -2.10. The normalized spacial score (nSPS) is 10.9. The third-order valence-corrected chi connectivity index (χ3v) is 5.11. The zero-order valence-electron chi connectivity index (χ0n) is 17.6. The average Bonchev–Trinajstić information content (AvgIpc) is 2.64. The lowest BCUT2D eigenvalue weighted by Crippen LogP contribution is -2.03. The molecule has 0 unspecified atom stereocenters. The Kier molecular flexibility index (Phi) is 13.5. The summed E-state index contributed by atoms with van der Waals surface area (Å²) in [6.45, 7) is 4.32. The number of phenols is 1. The van der Waals surface area contributed by atoms with Crippen molar-refractivity contribution in [3.05, 3.63) is 23.8 Å². The summed E-state index contributed by atoms with van der Waals surface area (Å²) >= 11 is 0. The van der Waals surface area contributed by atoms with Gasteiger partial charge >= 0.3 is 0 Å². The Morgan fingerprint density at radius 2 is 1.30 bits per heavy atom. The second-order valence-electron chi connectivity index (χ2n) is 7.65. The van der Waals surface area contributed by atoms with E-state index < -0.39 is 0 Å². The maximum atomic E-state index is 11.6. The third-order valence-electron chi connectivity index (χ3n) is 5.11. The number of rotatable bonds is 17. The molecule has 27 heavy (non-hydrogen) atoms. The largest absolute Gasteiger partial charge is 0.507 e. The number of ketones is 1. The van der Waals surface area contributed by atoms with Gasteiger partial charge in [0.1, 0.15) is 17.1 Å². The number of Topliss-reactive ketones (excluding diaryl/α,β-unsaturated/α-hetero) is 1. The van der Waals surface area contributed by atoms with Gasteiger partial charge in [-0.1, -0.05) is 96.5 Å². The van der Waals surface area contributed by atoms with Gasteiger partial charge in [-0.05, 0) is 25.5 Å². The van der Waals surface area contributed by atoms with Crippen LogP contribution in [-0.4, -0.2) is 17.5 Å². The summed E-state index contributed by atoms with van der Waals surface area (Å²) in [6.07, 6.45) is 18.6. The Hall–Kier alpha value is -1.51. The molecule has 0 heterocycles. The Balaban J connectivity index is 1.94. The molecule has 0 spiro atoms. The quantitative estimate of drug-likeness (QED) is 0.227. The summed E-state index contributed by atoms with van der Waals surface area (Å²) in [6, 6.07) is 4.98. The molecule has 0 saturated heterocycles. The fourth-order valence-electron chi connectivity index (χ4n) is 3.47. The van der Waals surface area contributed by atoms with Crippen LogP contribution >= 0.6 is 0 Å². The van der Waals surface area contributed by atoms with Crippen LogP contribution < -0.4 is 4.74 Å². The standard InChI is InChI=1S/C24H40O3/c1-3-4-5-6-7-8-9-10-11-12-13-14-15-16-20-27-23-19-17-18-22(26)24(23)21(2)25/h17-19,26H,3-16,20H2,1-2H3. The van der Waals surface area contributed by atoms with Crippen LogP contribution in [-0.2, 0) is 0 Å². The number of benzene rings is 1. The van der Waals surface area contributed by atoms with Gasteiger partial charge in [0, 0.05) is 0 Å². The van der Waals surface area contributed by atoms with Gasteiger partial charge in [-0.25, -0.2) is 0 Å². The molecule has 0 aliphatic heterocycles. The summed E-state index contributed by atoms with van der Waals surface area (Å²) < 4.78 is 5.71. The average molecular weight is 377 g/mol. The van der Waals surface area contributed by atoms with Crippen molar-refractivity contribution < 1.29 is 14.6 Å². The number of ether oxygens (including phenoxy) is 1. The molecule has 1 rings (SSSR count). The van der Waals surface area contributed by atoms with Gasteiger partial charge in [0.25, 0.3) is 0 Å². The highest BCUT2D eigenvalue weighted by Gasteiger charge is 2.13. The zero-order chi connectivity index (χ0) is 19.7. The van der Waals surface area contributed by atoms with E-state index in [-0.39, 0.29) is 11.5 Å². The second kappa shape index (κ2) is 15.5. The second-order valence-corrected chi connectivity index (χ2v) is 7.65. The monoisotopic (exact) mass is 376 g/mol. The van der Waals surface area contributed by atoms with Crippen molar-refractivity contribution in [3.8, 4) is 11.5 Å². The molecule has 3 nitrogen and oxygen atoms in total. The smallest absolute Gasteiger partial charge is 0.167 e. The lowest BCUT2D eigenvalue weighted by molar-refractivity contribution is 0.101. The van der Waals surface area contributed by atoms with E-state index in [1.165, 1.54) is 90.0 Å². The van der Waals surface area contributed by atoms with Gasteiger partial charge < -0.3 is 9.84 Å². The summed E-state index contributed by atoms with van der Waals surface area (Å²) in [7, 11) is 0. The minimum absolute atomic E-state index is 0.000888. The van der Waals surface area contributed by atoms with Gasteiger partial charge in [0.2, 0.25) is 0 Å². The summed E-state index contributed by atoms with van der Waals surface area (Å²) in [5.41, 5.74) is 0.294. The molecular weight excluding hydrogens is 336 g/mol. The van der Waals surface area contributed by atoms with Crippen LogP contribution in [0.3, 0.4) is 0 Å². The highest BCUT2D eigenvalue weighted by Crippen LogP contribution is 2.28. The number of hydrogen-bond acceptors (Lipinski definition) is 3. The van der Waals surface area contributed by atoms with Crippen molar-refractivity contribution in [3.63, 3.8) is 0 Å². The van der Waals surface area contributed by atoms with Crippen molar-refractivity contribution in [1.29, 1.82) is 0 Å². The number of phenolic OH excluding ortho intramolecular Hbond substituents is 1. The predicted octanol–water partition coefficient (Wildman–Crippen LogP) is 7.45. The van der Waals surface area contributed by atoms with Crippen LogP contribution in [0.25, 0.3) is 0 Å². The van der Waals surface area contributed by atoms with Gasteiger partial charge in [-0.3, -0.25) is 4.79 Å². The summed E-state index contributed by atoms with van der Waals surface area (Å²) in [5, 5.41) is 9.79.